The number of benzene rings is 1. The molecule has 0 aliphatic heterocycles. The predicted molar refractivity (Wildman–Crippen MR) is 74.7 cm³/mol. The van der Waals surface area contributed by atoms with E-state index in [1.807, 2.05) is 6.92 Å². The largest absolute Gasteiger partial charge is 0.348 e. The van der Waals surface area contributed by atoms with Crippen molar-refractivity contribution in [3.63, 3.8) is 0 Å². The van der Waals surface area contributed by atoms with Gasteiger partial charge in [0.2, 0.25) is 15.9 Å². The van der Waals surface area contributed by atoms with Crippen molar-refractivity contribution in [1.82, 2.24) is 9.21 Å². The summed E-state index contributed by atoms with van der Waals surface area (Å²) >= 11 is 5.96. The van der Waals surface area contributed by atoms with Gasteiger partial charge in [-0.2, -0.15) is 4.31 Å². The third kappa shape index (κ3) is 3.68. The van der Waals surface area contributed by atoms with Crippen molar-refractivity contribution in [2.45, 2.75) is 11.8 Å². The molecule has 0 bridgehead atoms. The van der Waals surface area contributed by atoms with Crippen LogP contribution in [0.3, 0.4) is 0 Å². The summed E-state index contributed by atoms with van der Waals surface area (Å²) < 4.78 is 25.6. The van der Waals surface area contributed by atoms with Gasteiger partial charge in [0, 0.05) is 21.1 Å². The highest BCUT2D eigenvalue weighted by atomic mass is 35.5. The summed E-state index contributed by atoms with van der Waals surface area (Å²) in [7, 11) is 0.735. The zero-order valence-corrected chi connectivity index (χ0v) is 12.9. The monoisotopic (exact) mass is 304 g/mol. The number of amides is 1. The number of carbonyl (C=O) groups is 1. The molecule has 0 N–H and O–H groups in total. The van der Waals surface area contributed by atoms with Gasteiger partial charge in [0.15, 0.2) is 0 Å². The van der Waals surface area contributed by atoms with Gasteiger partial charge in [0.1, 0.15) is 4.90 Å². The van der Waals surface area contributed by atoms with E-state index in [4.69, 9.17) is 11.6 Å². The maximum Gasteiger partial charge on any atom is 0.244 e. The lowest BCUT2D eigenvalue weighted by molar-refractivity contribution is -0.128. The second kappa shape index (κ2) is 5.90. The molecule has 0 unspecified atom stereocenters. The Morgan fingerprint density at radius 2 is 1.84 bits per heavy atom. The lowest BCUT2D eigenvalue weighted by atomic mass is 10.2. The third-order valence-corrected chi connectivity index (χ3v) is 4.92. The van der Waals surface area contributed by atoms with Gasteiger partial charge in [0.25, 0.3) is 0 Å². The van der Waals surface area contributed by atoms with Crippen molar-refractivity contribution in [2.75, 3.05) is 27.7 Å². The van der Waals surface area contributed by atoms with E-state index < -0.39 is 10.0 Å². The number of sulfonamides is 1. The SMILES string of the molecule is Cc1ccc(S(=O)(=O)N(C)CC(=O)N(C)C)c(Cl)c1. The molecule has 1 rings (SSSR count). The van der Waals surface area contributed by atoms with Crippen LogP contribution < -0.4 is 0 Å². The molecule has 1 amide bonds. The number of hydrogen-bond acceptors (Lipinski definition) is 3. The molecule has 0 aliphatic rings. The van der Waals surface area contributed by atoms with E-state index in [-0.39, 0.29) is 22.4 Å². The average molecular weight is 305 g/mol. The number of likely N-dealkylation sites (N-methyl/N-ethyl adjacent to an activating group) is 2. The number of halogens is 1. The fraction of sp³-hybridized carbons (Fsp3) is 0.417. The Labute approximate surface area is 118 Å². The number of carbonyl (C=O) groups excluding carboxylic acids is 1. The van der Waals surface area contributed by atoms with Crippen LogP contribution in [0.25, 0.3) is 0 Å². The van der Waals surface area contributed by atoms with Crippen LogP contribution in [0.1, 0.15) is 5.56 Å². The van der Waals surface area contributed by atoms with Crippen LogP contribution in [0, 0.1) is 6.92 Å². The van der Waals surface area contributed by atoms with E-state index in [1.54, 1.807) is 26.2 Å². The lowest BCUT2D eigenvalue weighted by Gasteiger charge is -2.19. The van der Waals surface area contributed by atoms with Gasteiger partial charge in [-0.25, -0.2) is 8.42 Å². The normalized spacial score (nSPS) is 11.7. The third-order valence-electron chi connectivity index (χ3n) is 2.63. The second-order valence-corrected chi connectivity index (χ2v) is 6.90. The Bertz CT molecular complexity index is 585. The van der Waals surface area contributed by atoms with Gasteiger partial charge in [0.05, 0.1) is 11.6 Å². The fourth-order valence-electron chi connectivity index (χ4n) is 1.40. The van der Waals surface area contributed by atoms with Gasteiger partial charge in [-0.3, -0.25) is 4.79 Å². The Balaban J connectivity index is 3.07. The van der Waals surface area contributed by atoms with Crippen molar-refractivity contribution in [2.24, 2.45) is 0 Å². The molecule has 0 spiro atoms. The second-order valence-electron chi connectivity index (χ2n) is 4.48. The summed E-state index contributed by atoms with van der Waals surface area (Å²) in [5.41, 5.74) is 0.871. The first-order valence-electron chi connectivity index (χ1n) is 5.59. The van der Waals surface area contributed by atoms with E-state index in [1.165, 1.54) is 18.0 Å². The van der Waals surface area contributed by atoms with E-state index >= 15 is 0 Å². The van der Waals surface area contributed by atoms with Crippen molar-refractivity contribution in [1.29, 1.82) is 0 Å². The van der Waals surface area contributed by atoms with Gasteiger partial charge in [-0.1, -0.05) is 17.7 Å². The van der Waals surface area contributed by atoms with Crippen molar-refractivity contribution >= 4 is 27.5 Å². The lowest BCUT2D eigenvalue weighted by Crippen LogP contribution is -2.37. The molecule has 1 aromatic rings. The minimum Gasteiger partial charge on any atom is -0.348 e. The number of nitrogens with zero attached hydrogens (tertiary/aromatic N) is 2. The van der Waals surface area contributed by atoms with E-state index in [9.17, 15) is 13.2 Å². The molecule has 0 aromatic heterocycles. The Kier molecular flexibility index (Phi) is 4.95. The summed E-state index contributed by atoms with van der Waals surface area (Å²) in [6, 6.07) is 4.69. The quantitative estimate of drug-likeness (QED) is 0.844. The molecule has 0 saturated heterocycles. The van der Waals surface area contributed by atoms with Crippen LogP contribution in [0.5, 0.6) is 0 Å². The minimum atomic E-state index is -3.76. The Morgan fingerprint density at radius 1 is 1.26 bits per heavy atom. The van der Waals surface area contributed by atoms with Gasteiger partial charge >= 0.3 is 0 Å². The van der Waals surface area contributed by atoms with Gasteiger partial charge in [-0.05, 0) is 24.6 Å². The number of rotatable bonds is 4. The Hall–Kier alpha value is -1.11. The molecular formula is C12H17ClN2O3S. The van der Waals surface area contributed by atoms with Crippen LogP contribution in [0.2, 0.25) is 5.02 Å². The molecule has 19 heavy (non-hydrogen) atoms. The number of aryl methyl sites for hydroxylation is 1. The van der Waals surface area contributed by atoms with Gasteiger partial charge < -0.3 is 4.90 Å². The summed E-state index contributed by atoms with van der Waals surface area (Å²) in [4.78, 5) is 12.9. The van der Waals surface area contributed by atoms with Crippen molar-refractivity contribution in [3.05, 3.63) is 28.8 Å². The fourth-order valence-corrected chi connectivity index (χ4v) is 3.09. The molecule has 1 aromatic carbocycles. The smallest absolute Gasteiger partial charge is 0.244 e. The van der Waals surface area contributed by atoms with Crippen molar-refractivity contribution < 1.29 is 13.2 Å². The Morgan fingerprint density at radius 3 is 2.32 bits per heavy atom. The molecule has 0 aliphatic carbocycles. The maximum atomic E-state index is 12.3. The van der Waals surface area contributed by atoms with Crippen molar-refractivity contribution in [3.8, 4) is 0 Å². The summed E-state index contributed by atoms with van der Waals surface area (Å²) in [6.45, 7) is 1.60. The highest BCUT2D eigenvalue weighted by Crippen LogP contribution is 2.24. The molecule has 0 fully saturated rings. The van der Waals surface area contributed by atoms with E-state index in [2.05, 4.69) is 0 Å². The highest BCUT2D eigenvalue weighted by Gasteiger charge is 2.25. The first-order valence-corrected chi connectivity index (χ1v) is 7.40. The molecule has 5 nitrogen and oxygen atoms in total. The van der Waals surface area contributed by atoms with Gasteiger partial charge in [-0.15, -0.1) is 0 Å². The zero-order chi connectivity index (χ0) is 14.8. The minimum absolute atomic E-state index is 0.00817. The zero-order valence-electron chi connectivity index (χ0n) is 11.3. The van der Waals surface area contributed by atoms with E-state index in [0.29, 0.717) is 0 Å². The number of hydrogen-bond donors (Lipinski definition) is 0. The summed E-state index contributed by atoms with van der Waals surface area (Å²) in [5.74, 6) is -0.297. The maximum absolute atomic E-state index is 12.3. The van der Waals surface area contributed by atoms with Crippen LogP contribution in [-0.4, -0.2) is 51.2 Å². The standard InChI is InChI=1S/C12H17ClN2O3S/c1-9-5-6-11(10(13)7-9)19(17,18)15(4)8-12(16)14(2)3/h5-7H,8H2,1-4H3. The molecule has 0 heterocycles. The van der Waals surface area contributed by atoms with Crippen LogP contribution in [0.15, 0.2) is 23.1 Å². The van der Waals surface area contributed by atoms with E-state index in [0.717, 1.165) is 9.87 Å². The molecule has 106 valence electrons. The summed E-state index contributed by atoms with van der Waals surface area (Å²) in [6.07, 6.45) is 0. The van der Waals surface area contributed by atoms with Crippen LogP contribution in [-0.2, 0) is 14.8 Å². The molecular weight excluding hydrogens is 288 g/mol. The molecule has 7 heteroatoms. The molecule has 0 radical (unpaired) electrons. The summed E-state index contributed by atoms with van der Waals surface area (Å²) in [5, 5.41) is 0.157. The topological polar surface area (TPSA) is 57.7 Å². The first-order chi connectivity index (χ1) is 8.66. The van der Waals surface area contributed by atoms with Crippen LogP contribution in [0.4, 0.5) is 0 Å². The first kappa shape index (κ1) is 15.9. The predicted octanol–water partition coefficient (Wildman–Crippen LogP) is 1.36. The highest BCUT2D eigenvalue weighted by molar-refractivity contribution is 7.89. The average Bonchev–Trinajstić information content (AvgIpc) is 2.27. The molecule has 0 saturated carbocycles. The van der Waals surface area contributed by atoms with Crippen LogP contribution >= 0.6 is 11.6 Å². The molecule has 0 atom stereocenters.